The Morgan fingerprint density at radius 1 is 1.24 bits per heavy atom. The van der Waals surface area contributed by atoms with E-state index in [2.05, 4.69) is 10.6 Å². The molecule has 3 rings (SSSR count). The molecule has 0 bridgehead atoms. The minimum atomic E-state index is -3.96. The largest absolute Gasteiger partial charge is 0.465 e. The molecule has 12 heteroatoms. The number of ketones is 1. The van der Waals surface area contributed by atoms with Crippen molar-refractivity contribution in [1.29, 1.82) is 0 Å². The fraction of sp³-hybridized carbons (Fsp3) is 0.524. The maximum Gasteiger partial charge on any atom is 0.408 e. The first-order valence-electron chi connectivity index (χ1n) is 10.6. The van der Waals surface area contributed by atoms with Crippen LogP contribution in [0.15, 0.2) is 23.1 Å². The van der Waals surface area contributed by atoms with E-state index in [0.29, 0.717) is 10.6 Å². The molecule has 180 valence electrons. The Morgan fingerprint density at radius 3 is 2.45 bits per heavy atom. The van der Waals surface area contributed by atoms with E-state index >= 15 is 0 Å². The molecule has 1 heterocycles. The second kappa shape index (κ2) is 9.68. The lowest BCUT2D eigenvalue weighted by Crippen LogP contribution is -2.53. The van der Waals surface area contributed by atoms with Gasteiger partial charge in [-0.1, -0.05) is 18.5 Å². The number of hydrogen-bond donors (Lipinski definition) is 3. The smallest absolute Gasteiger partial charge is 0.408 e. The number of likely N-dealkylation sites (tertiary alicyclic amines) is 1. The quantitative estimate of drug-likeness (QED) is 0.456. The van der Waals surface area contributed by atoms with E-state index in [9.17, 15) is 32.7 Å². The highest BCUT2D eigenvalue weighted by Crippen LogP contribution is 2.31. The Labute approximate surface area is 196 Å². The summed E-state index contributed by atoms with van der Waals surface area (Å²) < 4.78 is 26.4. The summed E-state index contributed by atoms with van der Waals surface area (Å²) in [4.78, 5) is 49.9. The van der Waals surface area contributed by atoms with Gasteiger partial charge in [0.1, 0.15) is 6.04 Å². The Balaban J connectivity index is 1.77. The first kappa shape index (κ1) is 25.0. The van der Waals surface area contributed by atoms with Gasteiger partial charge in [-0.15, -0.1) is 0 Å². The van der Waals surface area contributed by atoms with Crippen LogP contribution in [0.3, 0.4) is 0 Å². The molecule has 1 aromatic rings. The van der Waals surface area contributed by atoms with Crippen LogP contribution in [0.25, 0.3) is 0 Å². The molecule has 1 saturated carbocycles. The summed E-state index contributed by atoms with van der Waals surface area (Å²) in [6.45, 7) is 2.79. The number of rotatable bonds is 8. The standard InChI is InChI=1S/C21H26ClN3O7S/c1-3-15(18(26)20(28)23-13-5-6-13)24-19(27)16-9-14(10-25(16)21(29)30)33(31,32)17-7-4-12(22)8-11(17)2/h4,7-8,13-16H,3,5-6,9-10H2,1-2H3,(H,23,28)(H,24,27)(H,29,30)/t14?,15-,16?/m0/s1. The zero-order valence-electron chi connectivity index (χ0n) is 18.2. The van der Waals surface area contributed by atoms with Gasteiger partial charge in [-0.2, -0.15) is 0 Å². The number of carbonyl (C=O) groups excluding carboxylic acids is 3. The van der Waals surface area contributed by atoms with E-state index in [0.717, 1.165) is 17.7 Å². The zero-order chi connectivity index (χ0) is 24.5. The van der Waals surface area contributed by atoms with Gasteiger partial charge in [0.25, 0.3) is 5.91 Å². The number of aryl methyl sites for hydroxylation is 1. The predicted molar refractivity (Wildman–Crippen MR) is 119 cm³/mol. The molecule has 1 aliphatic carbocycles. The summed E-state index contributed by atoms with van der Waals surface area (Å²) >= 11 is 5.91. The number of carboxylic acid groups (broad SMARTS) is 1. The van der Waals surface area contributed by atoms with E-state index < -0.39 is 57.4 Å². The molecule has 1 saturated heterocycles. The van der Waals surface area contributed by atoms with Crippen LogP contribution in [0.4, 0.5) is 4.79 Å². The number of nitrogens with zero attached hydrogens (tertiary/aromatic N) is 1. The Morgan fingerprint density at radius 2 is 1.91 bits per heavy atom. The Kier molecular flexibility index (Phi) is 7.32. The van der Waals surface area contributed by atoms with Crippen molar-refractivity contribution in [2.75, 3.05) is 6.54 Å². The molecule has 2 unspecified atom stereocenters. The predicted octanol–water partition coefficient (Wildman–Crippen LogP) is 1.29. The van der Waals surface area contributed by atoms with Crippen molar-refractivity contribution in [2.24, 2.45) is 0 Å². The Bertz CT molecular complexity index is 1090. The summed E-state index contributed by atoms with van der Waals surface area (Å²) in [5, 5.41) is 13.8. The van der Waals surface area contributed by atoms with Crippen LogP contribution in [0.2, 0.25) is 5.02 Å². The molecular formula is C21H26ClN3O7S. The molecular weight excluding hydrogens is 474 g/mol. The van der Waals surface area contributed by atoms with Gasteiger partial charge in [0.2, 0.25) is 11.7 Å². The number of carbonyl (C=O) groups is 4. The van der Waals surface area contributed by atoms with Gasteiger partial charge >= 0.3 is 6.09 Å². The van der Waals surface area contributed by atoms with Crippen molar-refractivity contribution >= 4 is 45.1 Å². The van der Waals surface area contributed by atoms with Crippen LogP contribution >= 0.6 is 11.6 Å². The number of sulfone groups is 1. The first-order valence-corrected chi connectivity index (χ1v) is 12.5. The van der Waals surface area contributed by atoms with Gasteiger partial charge in [0.05, 0.1) is 16.2 Å². The minimum Gasteiger partial charge on any atom is -0.465 e. The van der Waals surface area contributed by atoms with Crippen LogP contribution in [0, 0.1) is 6.92 Å². The van der Waals surface area contributed by atoms with E-state index in [1.807, 2.05) is 0 Å². The maximum atomic E-state index is 13.2. The lowest BCUT2D eigenvalue weighted by molar-refractivity contribution is -0.140. The van der Waals surface area contributed by atoms with Gasteiger partial charge < -0.3 is 15.7 Å². The number of Topliss-reactive ketones (excluding diaryl/α,β-unsaturated/α-hetero) is 1. The third kappa shape index (κ3) is 5.47. The normalized spacial score (nSPS) is 21.4. The summed E-state index contributed by atoms with van der Waals surface area (Å²) in [7, 11) is -3.96. The average molecular weight is 500 g/mol. The van der Waals surface area contributed by atoms with Crippen LogP contribution in [-0.2, 0) is 24.2 Å². The van der Waals surface area contributed by atoms with Crippen molar-refractivity contribution in [3.8, 4) is 0 Å². The summed E-state index contributed by atoms with van der Waals surface area (Å²) in [5.41, 5.74) is 0.413. The number of halogens is 1. The van der Waals surface area contributed by atoms with E-state index in [1.54, 1.807) is 13.8 Å². The van der Waals surface area contributed by atoms with Gasteiger partial charge in [0, 0.05) is 17.6 Å². The third-order valence-corrected chi connectivity index (χ3v) is 8.40. The van der Waals surface area contributed by atoms with Crippen molar-refractivity contribution in [3.05, 3.63) is 28.8 Å². The molecule has 10 nitrogen and oxygen atoms in total. The zero-order valence-corrected chi connectivity index (χ0v) is 19.8. The monoisotopic (exact) mass is 499 g/mol. The molecule has 3 atom stereocenters. The Hall–Kier alpha value is -2.66. The summed E-state index contributed by atoms with van der Waals surface area (Å²) in [6.07, 6.45) is -0.0246. The average Bonchev–Trinajstić information content (AvgIpc) is 3.43. The fourth-order valence-corrected chi connectivity index (χ4v) is 6.00. The molecule has 2 fully saturated rings. The van der Waals surface area contributed by atoms with Crippen LogP contribution in [-0.4, -0.2) is 72.0 Å². The minimum absolute atomic E-state index is 0.0154. The molecule has 0 radical (unpaired) electrons. The van der Waals surface area contributed by atoms with Gasteiger partial charge in [-0.25, -0.2) is 13.2 Å². The van der Waals surface area contributed by atoms with E-state index in [1.165, 1.54) is 18.2 Å². The highest BCUT2D eigenvalue weighted by atomic mass is 35.5. The molecule has 1 aromatic carbocycles. The molecule has 0 aromatic heterocycles. The van der Waals surface area contributed by atoms with Gasteiger partial charge in [-0.3, -0.25) is 19.3 Å². The van der Waals surface area contributed by atoms with Crippen LogP contribution < -0.4 is 10.6 Å². The second-order valence-electron chi connectivity index (χ2n) is 8.34. The third-order valence-electron chi connectivity index (χ3n) is 5.87. The highest BCUT2D eigenvalue weighted by Gasteiger charge is 2.46. The van der Waals surface area contributed by atoms with Crippen LogP contribution in [0.1, 0.15) is 38.2 Å². The van der Waals surface area contributed by atoms with Crippen molar-refractivity contribution in [1.82, 2.24) is 15.5 Å². The topological polar surface area (TPSA) is 150 Å². The number of benzene rings is 1. The number of hydrogen-bond acceptors (Lipinski definition) is 6. The van der Waals surface area contributed by atoms with Crippen molar-refractivity contribution < 1.29 is 32.7 Å². The van der Waals surface area contributed by atoms with Crippen LogP contribution in [0.5, 0.6) is 0 Å². The van der Waals surface area contributed by atoms with E-state index in [4.69, 9.17) is 11.6 Å². The van der Waals surface area contributed by atoms with E-state index in [-0.39, 0.29) is 23.8 Å². The second-order valence-corrected chi connectivity index (χ2v) is 11.0. The van der Waals surface area contributed by atoms with Crippen molar-refractivity contribution in [3.63, 3.8) is 0 Å². The summed E-state index contributed by atoms with van der Waals surface area (Å²) in [5.74, 6) is -2.44. The molecule has 3 amide bonds. The molecule has 33 heavy (non-hydrogen) atoms. The number of nitrogens with one attached hydrogen (secondary N) is 2. The maximum absolute atomic E-state index is 13.2. The molecule has 1 aliphatic heterocycles. The lowest BCUT2D eigenvalue weighted by Gasteiger charge is -2.23. The number of amides is 3. The molecule has 0 spiro atoms. The van der Waals surface area contributed by atoms with Gasteiger partial charge in [0.15, 0.2) is 9.84 Å². The summed E-state index contributed by atoms with van der Waals surface area (Å²) in [6, 6.07) is 1.79. The first-order chi connectivity index (χ1) is 15.4. The molecule has 2 aliphatic rings. The molecule has 3 N–H and O–H groups in total. The lowest BCUT2D eigenvalue weighted by atomic mass is 10.1. The van der Waals surface area contributed by atoms with Gasteiger partial charge in [-0.05, 0) is 56.4 Å². The SMILES string of the molecule is CC[C@H](NC(=O)C1CC(S(=O)(=O)c2ccc(Cl)cc2C)CN1C(=O)O)C(=O)C(=O)NC1CC1. The van der Waals surface area contributed by atoms with Crippen molar-refractivity contribution in [2.45, 2.75) is 67.8 Å². The highest BCUT2D eigenvalue weighted by molar-refractivity contribution is 7.92. The fourth-order valence-electron chi connectivity index (χ4n) is 3.86.